The minimum absolute atomic E-state index is 0.00370. The van der Waals surface area contributed by atoms with Gasteiger partial charge in [-0.1, -0.05) is 12.1 Å². The number of aryl methyl sites for hydroxylation is 2. The minimum atomic E-state index is -0.256. The van der Waals surface area contributed by atoms with Crippen molar-refractivity contribution in [3.63, 3.8) is 0 Å². The fraction of sp³-hybridized carbons (Fsp3) is 0.600. The van der Waals surface area contributed by atoms with E-state index in [0.717, 1.165) is 37.0 Å². The summed E-state index contributed by atoms with van der Waals surface area (Å²) in [5, 5.41) is 0. The van der Waals surface area contributed by atoms with E-state index in [2.05, 4.69) is 32.0 Å². The molecule has 0 radical (unpaired) electrons. The van der Waals surface area contributed by atoms with Crippen LogP contribution in [0.1, 0.15) is 43.7 Å². The molecule has 2 heterocycles. The summed E-state index contributed by atoms with van der Waals surface area (Å²) >= 11 is 0. The van der Waals surface area contributed by atoms with Crippen LogP contribution >= 0.6 is 0 Å². The summed E-state index contributed by atoms with van der Waals surface area (Å²) in [6.45, 7) is 7.79. The third-order valence-electron chi connectivity index (χ3n) is 5.33. The van der Waals surface area contributed by atoms with E-state index in [1.54, 1.807) is 11.8 Å². The Morgan fingerprint density at radius 2 is 1.80 bits per heavy atom. The molecule has 2 saturated heterocycles. The summed E-state index contributed by atoms with van der Waals surface area (Å²) in [6.07, 6.45) is 3.54. The van der Waals surface area contributed by atoms with Gasteiger partial charge in [0.25, 0.3) is 0 Å². The summed E-state index contributed by atoms with van der Waals surface area (Å²) in [7, 11) is 0. The molecule has 1 aromatic carbocycles. The van der Waals surface area contributed by atoms with E-state index in [1.165, 1.54) is 5.56 Å². The second-order valence-electron chi connectivity index (χ2n) is 7.28. The molecule has 5 nitrogen and oxygen atoms in total. The van der Waals surface area contributed by atoms with E-state index < -0.39 is 0 Å². The topological polar surface area (TPSA) is 49.9 Å². The summed E-state index contributed by atoms with van der Waals surface area (Å²) in [4.78, 5) is 28.1. The largest absolute Gasteiger partial charge is 0.490 e. The fourth-order valence-electron chi connectivity index (χ4n) is 3.82. The lowest BCUT2D eigenvalue weighted by molar-refractivity contribution is -0.144. The predicted octanol–water partition coefficient (Wildman–Crippen LogP) is 2.68. The van der Waals surface area contributed by atoms with Gasteiger partial charge in [0.2, 0.25) is 11.8 Å². The fourth-order valence-corrected chi connectivity index (χ4v) is 3.82. The van der Waals surface area contributed by atoms with Crippen LogP contribution in [-0.2, 0) is 9.59 Å². The van der Waals surface area contributed by atoms with E-state index in [9.17, 15) is 9.59 Å². The summed E-state index contributed by atoms with van der Waals surface area (Å²) < 4.78 is 6.18. The molecule has 2 aliphatic rings. The van der Waals surface area contributed by atoms with Crippen LogP contribution < -0.4 is 4.74 Å². The van der Waals surface area contributed by atoms with Gasteiger partial charge in [0.15, 0.2) is 0 Å². The van der Waals surface area contributed by atoms with E-state index in [-0.39, 0.29) is 24.0 Å². The second kappa shape index (κ2) is 7.46. The highest BCUT2D eigenvalue weighted by Gasteiger charge is 2.36. The molecular weight excluding hydrogens is 316 g/mol. The van der Waals surface area contributed by atoms with E-state index in [0.29, 0.717) is 19.6 Å². The molecular formula is C20H28N2O3. The second-order valence-corrected chi connectivity index (χ2v) is 7.28. The number of carbonyl (C=O) groups is 2. The molecule has 2 fully saturated rings. The standard InChI is InChI=1S/C20H28N2O3/c1-14-6-7-15(2)19(13-14)25-17-8-11-21(12-9-17)20(24)18-5-4-10-22(18)16(3)23/h6-7,13,17-18H,4-5,8-12H2,1-3H3/t18-/m1/s1. The van der Waals surface area contributed by atoms with Crippen molar-refractivity contribution < 1.29 is 14.3 Å². The normalized spacial score (nSPS) is 21.5. The summed E-state index contributed by atoms with van der Waals surface area (Å²) in [5.74, 6) is 1.06. The number of carbonyl (C=O) groups excluding carboxylic acids is 2. The lowest BCUT2D eigenvalue weighted by atomic mass is 10.1. The highest BCUT2D eigenvalue weighted by atomic mass is 16.5. The third kappa shape index (κ3) is 3.97. The molecule has 0 aromatic heterocycles. The summed E-state index contributed by atoms with van der Waals surface area (Å²) in [5.41, 5.74) is 2.34. The number of hydrogen-bond donors (Lipinski definition) is 0. The highest BCUT2D eigenvalue weighted by molar-refractivity contribution is 5.87. The minimum Gasteiger partial charge on any atom is -0.490 e. The molecule has 5 heteroatoms. The predicted molar refractivity (Wildman–Crippen MR) is 96.6 cm³/mol. The maximum atomic E-state index is 12.8. The Balaban J connectivity index is 1.55. The average molecular weight is 344 g/mol. The van der Waals surface area contributed by atoms with Crippen LogP contribution in [0.3, 0.4) is 0 Å². The third-order valence-corrected chi connectivity index (χ3v) is 5.33. The zero-order chi connectivity index (χ0) is 18.0. The van der Waals surface area contributed by atoms with Crippen LogP contribution in [0.5, 0.6) is 5.75 Å². The molecule has 0 spiro atoms. The van der Waals surface area contributed by atoms with Gasteiger partial charge in [0.05, 0.1) is 0 Å². The van der Waals surface area contributed by atoms with Crippen molar-refractivity contribution in [3.05, 3.63) is 29.3 Å². The Bertz CT molecular complexity index is 650. The van der Waals surface area contributed by atoms with Crippen LogP contribution in [0.4, 0.5) is 0 Å². The number of amides is 2. The molecule has 0 bridgehead atoms. The average Bonchev–Trinajstić information content (AvgIpc) is 3.08. The number of piperidine rings is 1. The van der Waals surface area contributed by atoms with E-state index in [4.69, 9.17) is 4.74 Å². The first-order valence-electron chi connectivity index (χ1n) is 9.25. The first kappa shape index (κ1) is 17.8. The molecule has 0 unspecified atom stereocenters. The Kier molecular flexibility index (Phi) is 5.30. The first-order chi connectivity index (χ1) is 12.0. The van der Waals surface area contributed by atoms with Crippen molar-refractivity contribution in [2.45, 2.75) is 58.6 Å². The van der Waals surface area contributed by atoms with Gasteiger partial charge in [0.1, 0.15) is 17.9 Å². The zero-order valence-electron chi connectivity index (χ0n) is 15.5. The maximum absolute atomic E-state index is 12.8. The van der Waals surface area contributed by atoms with Crippen molar-refractivity contribution in [2.24, 2.45) is 0 Å². The highest BCUT2D eigenvalue weighted by Crippen LogP contribution is 2.25. The molecule has 0 aliphatic carbocycles. The Labute approximate surface area is 149 Å². The quantitative estimate of drug-likeness (QED) is 0.847. The number of likely N-dealkylation sites (tertiary alicyclic amines) is 2. The maximum Gasteiger partial charge on any atom is 0.245 e. The van der Waals surface area contributed by atoms with Gasteiger partial charge in [-0.25, -0.2) is 0 Å². The first-order valence-corrected chi connectivity index (χ1v) is 9.25. The van der Waals surface area contributed by atoms with Crippen LogP contribution in [0.15, 0.2) is 18.2 Å². The number of rotatable bonds is 3. The van der Waals surface area contributed by atoms with Crippen molar-refractivity contribution in [1.29, 1.82) is 0 Å². The van der Waals surface area contributed by atoms with Crippen LogP contribution in [-0.4, -0.2) is 53.4 Å². The molecule has 2 amide bonds. The Hall–Kier alpha value is -2.04. The Morgan fingerprint density at radius 3 is 2.48 bits per heavy atom. The van der Waals surface area contributed by atoms with Crippen molar-refractivity contribution in [1.82, 2.24) is 9.80 Å². The lowest BCUT2D eigenvalue weighted by Gasteiger charge is -2.35. The molecule has 1 aromatic rings. The van der Waals surface area contributed by atoms with Crippen molar-refractivity contribution in [3.8, 4) is 5.75 Å². The Morgan fingerprint density at radius 1 is 1.08 bits per heavy atom. The van der Waals surface area contributed by atoms with Crippen LogP contribution in [0.25, 0.3) is 0 Å². The summed E-state index contributed by atoms with van der Waals surface area (Å²) in [6, 6.07) is 6.00. The van der Waals surface area contributed by atoms with Crippen molar-refractivity contribution >= 4 is 11.8 Å². The SMILES string of the molecule is CC(=O)N1CCC[C@@H]1C(=O)N1CCC(Oc2cc(C)ccc2C)CC1. The molecule has 3 rings (SSSR count). The van der Waals surface area contributed by atoms with Crippen molar-refractivity contribution in [2.75, 3.05) is 19.6 Å². The molecule has 0 N–H and O–H groups in total. The zero-order valence-corrected chi connectivity index (χ0v) is 15.5. The number of nitrogens with zero attached hydrogens (tertiary/aromatic N) is 2. The molecule has 136 valence electrons. The van der Waals surface area contributed by atoms with E-state index >= 15 is 0 Å². The molecule has 25 heavy (non-hydrogen) atoms. The van der Waals surface area contributed by atoms with Gasteiger partial charge in [-0.2, -0.15) is 0 Å². The molecule has 0 saturated carbocycles. The van der Waals surface area contributed by atoms with Gasteiger partial charge in [-0.15, -0.1) is 0 Å². The van der Waals surface area contributed by atoms with E-state index in [1.807, 2.05) is 4.90 Å². The lowest BCUT2D eigenvalue weighted by Crippen LogP contribution is -2.50. The number of benzene rings is 1. The van der Waals surface area contributed by atoms with Gasteiger partial charge >= 0.3 is 0 Å². The molecule has 1 atom stereocenters. The number of ether oxygens (including phenoxy) is 1. The van der Waals surface area contributed by atoms with Crippen LogP contribution in [0, 0.1) is 13.8 Å². The van der Waals surface area contributed by atoms with Crippen LogP contribution in [0.2, 0.25) is 0 Å². The smallest absolute Gasteiger partial charge is 0.245 e. The van der Waals surface area contributed by atoms with Gasteiger partial charge in [-0.05, 0) is 43.9 Å². The molecule has 2 aliphatic heterocycles. The number of hydrogen-bond acceptors (Lipinski definition) is 3. The van der Waals surface area contributed by atoms with Gasteiger partial charge in [-0.3, -0.25) is 9.59 Å². The van der Waals surface area contributed by atoms with Gasteiger partial charge in [0, 0.05) is 39.4 Å². The van der Waals surface area contributed by atoms with Gasteiger partial charge < -0.3 is 14.5 Å². The monoisotopic (exact) mass is 344 g/mol.